The maximum atomic E-state index is 11.6. The minimum atomic E-state index is -0.208. The van der Waals surface area contributed by atoms with Gasteiger partial charge in [0.15, 0.2) is 5.96 Å². The molecule has 0 bridgehead atoms. The third kappa shape index (κ3) is 9.93. The highest BCUT2D eigenvalue weighted by molar-refractivity contribution is 5.85. The molecule has 0 saturated heterocycles. The summed E-state index contributed by atoms with van der Waals surface area (Å²) in [7, 11) is 0. The Hall–Kier alpha value is -1.26. The van der Waals surface area contributed by atoms with Gasteiger partial charge in [0.05, 0.1) is 0 Å². The molecule has 0 aromatic rings. The van der Waals surface area contributed by atoms with Crippen molar-refractivity contribution >= 4 is 11.9 Å². The van der Waals surface area contributed by atoms with Crippen molar-refractivity contribution in [1.29, 1.82) is 0 Å². The monoisotopic (exact) mass is 256 g/mol. The van der Waals surface area contributed by atoms with Crippen LogP contribution in [0.15, 0.2) is 4.99 Å². The van der Waals surface area contributed by atoms with E-state index in [1.807, 2.05) is 27.7 Å². The first-order valence-electron chi connectivity index (χ1n) is 6.72. The molecule has 0 radical (unpaired) electrons. The summed E-state index contributed by atoms with van der Waals surface area (Å²) in [5.41, 5.74) is -0.208. The van der Waals surface area contributed by atoms with E-state index in [1.165, 1.54) is 0 Å². The normalized spacial score (nSPS) is 12.2. The van der Waals surface area contributed by atoms with E-state index in [0.29, 0.717) is 5.96 Å². The first-order chi connectivity index (χ1) is 8.39. The van der Waals surface area contributed by atoms with Crippen LogP contribution in [0, 0.1) is 0 Å². The van der Waals surface area contributed by atoms with Crippen LogP contribution in [-0.2, 0) is 4.79 Å². The Morgan fingerprint density at radius 3 is 2.33 bits per heavy atom. The number of carbonyl (C=O) groups excluding carboxylic acids is 1. The molecular formula is C13H28N4O. The van der Waals surface area contributed by atoms with Crippen LogP contribution in [-0.4, -0.2) is 37.0 Å². The molecule has 0 aromatic carbocycles. The zero-order valence-corrected chi connectivity index (χ0v) is 12.4. The van der Waals surface area contributed by atoms with Gasteiger partial charge in [-0.25, -0.2) is 4.99 Å². The molecule has 106 valence electrons. The van der Waals surface area contributed by atoms with Gasteiger partial charge in [-0.05, 0) is 34.1 Å². The highest BCUT2D eigenvalue weighted by atomic mass is 16.2. The third-order valence-electron chi connectivity index (χ3n) is 2.06. The molecule has 0 spiro atoms. The molecule has 0 fully saturated rings. The number of nitrogens with zero attached hydrogens (tertiary/aromatic N) is 1. The Bertz CT molecular complexity index is 269. The molecule has 0 unspecified atom stereocenters. The molecule has 0 saturated carbocycles. The Morgan fingerprint density at radius 2 is 1.83 bits per heavy atom. The fraction of sp³-hybridized carbons (Fsp3) is 0.846. The summed E-state index contributed by atoms with van der Waals surface area (Å²) in [6.45, 7) is 11.8. The zero-order chi connectivity index (χ0) is 14.0. The molecule has 18 heavy (non-hydrogen) atoms. The average Bonchev–Trinajstić information content (AvgIpc) is 2.24. The zero-order valence-electron chi connectivity index (χ0n) is 12.4. The van der Waals surface area contributed by atoms with Gasteiger partial charge < -0.3 is 16.0 Å². The van der Waals surface area contributed by atoms with Gasteiger partial charge in [-0.2, -0.15) is 0 Å². The molecule has 3 N–H and O–H groups in total. The molecule has 0 aliphatic carbocycles. The van der Waals surface area contributed by atoms with E-state index in [0.717, 1.165) is 25.9 Å². The lowest BCUT2D eigenvalue weighted by Crippen LogP contribution is -2.43. The summed E-state index contributed by atoms with van der Waals surface area (Å²) in [5, 5.41) is 9.20. The predicted molar refractivity (Wildman–Crippen MR) is 76.8 cm³/mol. The number of rotatable bonds is 6. The lowest BCUT2D eigenvalue weighted by Gasteiger charge is -2.20. The van der Waals surface area contributed by atoms with Crippen molar-refractivity contribution in [1.82, 2.24) is 16.0 Å². The first-order valence-corrected chi connectivity index (χ1v) is 6.72. The molecule has 0 heterocycles. The highest BCUT2D eigenvalue weighted by Gasteiger charge is 2.13. The van der Waals surface area contributed by atoms with E-state index in [9.17, 15) is 4.79 Å². The Balaban J connectivity index is 4.17. The van der Waals surface area contributed by atoms with Crippen LogP contribution in [0.3, 0.4) is 0 Å². The van der Waals surface area contributed by atoms with Gasteiger partial charge in [0.1, 0.15) is 6.54 Å². The summed E-state index contributed by atoms with van der Waals surface area (Å²) in [6.07, 6.45) is 2.23. The fourth-order valence-corrected chi connectivity index (χ4v) is 1.33. The Morgan fingerprint density at radius 1 is 1.17 bits per heavy atom. The standard InChI is InChI=1S/C13H28N4O/c1-6-8-9-15-12(14-7-2)16-10-11(18)17-13(3,4)5/h6-10H2,1-5H3,(H,17,18)(H2,14,15,16). The van der Waals surface area contributed by atoms with Crippen molar-refractivity contribution < 1.29 is 4.79 Å². The van der Waals surface area contributed by atoms with Crippen LogP contribution in [0.5, 0.6) is 0 Å². The number of unbranched alkanes of at least 4 members (excludes halogenated alkanes) is 1. The van der Waals surface area contributed by atoms with Crippen molar-refractivity contribution in [2.75, 3.05) is 19.6 Å². The smallest absolute Gasteiger partial charge is 0.242 e. The number of amides is 1. The lowest BCUT2D eigenvalue weighted by atomic mass is 10.1. The first kappa shape index (κ1) is 16.7. The second-order valence-electron chi connectivity index (χ2n) is 5.27. The van der Waals surface area contributed by atoms with Gasteiger partial charge in [-0.1, -0.05) is 13.3 Å². The number of nitrogens with one attached hydrogen (secondary N) is 3. The van der Waals surface area contributed by atoms with E-state index in [-0.39, 0.29) is 18.0 Å². The number of hydrogen-bond donors (Lipinski definition) is 3. The molecule has 0 aliphatic heterocycles. The Kier molecular flexibility index (Phi) is 8.16. The minimum absolute atomic E-state index is 0.0600. The molecule has 5 heteroatoms. The maximum Gasteiger partial charge on any atom is 0.242 e. The van der Waals surface area contributed by atoms with Crippen LogP contribution in [0.1, 0.15) is 47.5 Å². The second kappa shape index (κ2) is 8.78. The van der Waals surface area contributed by atoms with Crippen LogP contribution in [0.2, 0.25) is 0 Å². The summed E-state index contributed by atoms with van der Waals surface area (Å²) in [4.78, 5) is 15.9. The topological polar surface area (TPSA) is 65.5 Å². The predicted octanol–water partition coefficient (Wildman–Crippen LogP) is 1.26. The quantitative estimate of drug-likeness (QED) is 0.381. The van der Waals surface area contributed by atoms with Gasteiger partial charge >= 0.3 is 0 Å². The largest absolute Gasteiger partial charge is 0.357 e. The summed E-state index contributed by atoms with van der Waals surface area (Å²) in [6, 6.07) is 0. The number of carbonyl (C=O) groups is 1. The van der Waals surface area contributed by atoms with Gasteiger partial charge in [-0.3, -0.25) is 4.79 Å². The van der Waals surface area contributed by atoms with Crippen molar-refractivity contribution in [3.63, 3.8) is 0 Å². The van der Waals surface area contributed by atoms with E-state index in [2.05, 4.69) is 27.9 Å². The number of hydrogen-bond acceptors (Lipinski definition) is 2. The molecule has 0 aromatic heterocycles. The van der Waals surface area contributed by atoms with E-state index in [4.69, 9.17) is 0 Å². The summed E-state index contributed by atoms with van der Waals surface area (Å²) >= 11 is 0. The molecular weight excluding hydrogens is 228 g/mol. The average molecular weight is 256 g/mol. The number of aliphatic imine (C=N–C) groups is 1. The molecule has 0 aliphatic rings. The SMILES string of the molecule is CCCCNC(=NCC(=O)NC(C)(C)C)NCC. The molecule has 0 rings (SSSR count). The van der Waals surface area contributed by atoms with Crippen LogP contribution < -0.4 is 16.0 Å². The Labute approximate surface area is 111 Å². The fourth-order valence-electron chi connectivity index (χ4n) is 1.33. The van der Waals surface area contributed by atoms with Crippen LogP contribution in [0.4, 0.5) is 0 Å². The van der Waals surface area contributed by atoms with Gasteiger partial charge in [0.25, 0.3) is 0 Å². The van der Waals surface area contributed by atoms with Crippen molar-refractivity contribution in [2.24, 2.45) is 4.99 Å². The van der Waals surface area contributed by atoms with Gasteiger partial charge in [-0.15, -0.1) is 0 Å². The summed E-state index contributed by atoms with van der Waals surface area (Å²) in [5.74, 6) is 0.644. The molecule has 5 nitrogen and oxygen atoms in total. The van der Waals surface area contributed by atoms with Crippen molar-refractivity contribution in [3.8, 4) is 0 Å². The summed E-state index contributed by atoms with van der Waals surface area (Å²) < 4.78 is 0. The number of guanidine groups is 1. The van der Waals surface area contributed by atoms with E-state index >= 15 is 0 Å². The third-order valence-corrected chi connectivity index (χ3v) is 2.06. The van der Waals surface area contributed by atoms with Crippen molar-refractivity contribution in [3.05, 3.63) is 0 Å². The van der Waals surface area contributed by atoms with E-state index < -0.39 is 0 Å². The second-order valence-corrected chi connectivity index (χ2v) is 5.27. The van der Waals surface area contributed by atoms with Crippen LogP contribution >= 0.6 is 0 Å². The highest BCUT2D eigenvalue weighted by Crippen LogP contribution is 1.97. The van der Waals surface area contributed by atoms with Crippen molar-refractivity contribution in [2.45, 2.75) is 53.0 Å². The minimum Gasteiger partial charge on any atom is -0.357 e. The van der Waals surface area contributed by atoms with Crippen LogP contribution in [0.25, 0.3) is 0 Å². The molecule has 1 amide bonds. The maximum absolute atomic E-state index is 11.6. The lowest BCUT2D eigenvalue weighted by molar-refractivity contribution is -0.121. The molecule has 0 atom stereocenters. The van der Waals surface area contributed by atoms with Gasteiger partial charge in [0.2, 0.25) is 5.91 Å². The van der Waals surface area contributed by atoms with Gasteiger partial charge in [0, 0.05) is 18.6 Å². The van der Waals surface area contributed by atoms with E-state index in [1.54, 1.807) is 0 Å².